The highest BCUT2D eigenvalue weighted by Gasteiger charge is 2.27. The molecule has 2 aromatic rings. The van der Waals surface area contributed by atoms with E-state index in [1.165, 1.54) is 31.2 Å². The van der Waals surface area contributed by atoms with E-state index in [1.807, 2.05) is 46.0 Å². The maximum absolute atomic E-state index is 5.97. The van der Waals surface area contributed by atoms with Crippen LogP contribution in [0.2, 0.25) is 0 Å². The molecule has 0 unspecified atom stereocenters. The normalized spacial score (nSPS) is 16.3. The summed E-state index contributed by atoms with van der Waals surface area (Å²) in [7, 11) is 4.14. The minimum atomic E-state index is 0.602. The molecule has 0 bridgehead atoms. The van der Waals surface area contributed by atoms with Crippen molar-refractivity contribution in [2.45, 2.75) is 59.3 Å². The van der Waals surface area contributed by atoms with E-state index in [1.54, 1.807) is 0 Å². The van der Waals surface area contributed by atoms with Gasteiger partial charge in [0.25, 0.3) is 0 Å². The van der Waals surface area contributed by atoms with E-state index in [4.69, 9.17) is 11.2 Å². The summed E-state index contributed by atoms with van der Waals surface area (Å²) in [5, 5.41) is 0. The Morgan fingerprint density at radius 2 is 1.90 bits per heavy atom. The lowest BCUT2D eigenvalue weighted by Gasteiger charge is -2.26. The van der Waals surface area contributed by atoms with Crippen molar-refractivity contribution in [3.63, 3.8) is 0 Å². The predicted octanol–water partition coefficient (Wildman–Crippen LogP) is 8.20. The molecule has 1 aromatic carbocycles. The maximum atomic E-state index is 5.97. The summed E-state index contributed by atoms with van der Waals surface area (Å²) in [6, 6.07) is 10.5. The molecule has 0 saturated heterocycles. The van der Waals surface area contributed by atoms with Gasteiger partial charge >= 0.3 is 0 Å². The fourth-order valence-corrected chi connectivity index (χ4v) is 4.56. The SMILES string of the molecule is C#Cc1c(C2CC2)cccc1N(C)/C=C(\C=C)C1=CN(C)CC=C1c1ccc(OCC2CC2)nc1.CC.CC. The van der Waals surface area contributed by atoms with Gasteiger partial charge in [-0.3, -0.25) is 0 Å². The minimum absolute atomic E-state index is 0.602. The van der Waals surface area contributed by atoms with Gasteiger partial charge in [0.2, 0.25) is 5.88 Å². The Bertz CT molecular complexity index is 1240. The molecule has 206 valence electrons. The Hall–Kier alpha value is -3.71. The van der Waals surface area contributed by atoms with Gasteiger partial charge in [-0.05, 0) is 66.4 Å². The Balaban J connectivity index is 0.00000100. The van der Waals surface area contributed by atoms with Crippen molar-refractivity contribution in [3.8, 4) is 18.2 Å². The average Bonchev–Trinajstić information content (AvgIpc) is 3.91. The van der Waals surface area contributed by atoms with Crippen LogP contribution in [-0.4, -0.2) is 37.1 Å². The minimum Gasteiger partial charge on any atom is -0.477 e. The number of hydrogen-bond acceptors (Lipinski definition) is 4. The van der Waals surface area contributed by atoms with Crippen molar-refractivity contribution in [1.82, 2.24) is 9.88 Å². The fourth-order valence-electron chi connectivity index (χ4n) is 4.56. The summed E-state index contributed by atoms with van der Waals surface area (Å²) >= 11 is 0. The van der Waals surface area contributed by atoms with Gasteiger partial charge in [-0.25, -0.2) is 4.98 Å². The van der Waals surface area contributed by atoms with Crippen molar-refractivity contribution >= 4 is 11.3 Å². The summed E-state index contributed by atoms with van der Waals surface area (Å²) in [4.78, 5) is 8.87. The maximum Gasteiger partial charge on any atom is 0.213 e. The highest BCUT2D eigenvalue weighted by molar-refractivity contribution is 5.85. The molecule has 2 heterocycles. The lowest BCUT2D eigenvalue weighted by molar-refractivity contribution is 0.288. The fraction of sp³-hybridized carbons (Fsp3) is 0.400. The van der Waals surface area contributed by atoms with Gasteiger partial charge in [0.15, 0.2) is 0 Å². The van der Waals surface area contributed by atoms with Crippen molar-refractivity contribution < 1.29 is 4.74 Å². The largest absolute Gasteiger partial charge is 0.477 e. The molecule has 0 spiro atoms. The van der Waals surface area contributed by atoms with Gasteiger partial charge in [0.1, 0.15) is 0 Å². The second kappa shape index (κ2) is 14.4. The molecule has 2 saturated carbocycles. The highest BCUT2D eigenvalue weighted by Crippen LogP contribution is 2.43. The zero-order chi connectivity index (χ0) is 28.4. The predicted molar refractivity (Wildman–Crippen MR) is 167 cm³/mol. The first-order chi connectivity index (χ1) is 19.1. The number of likely N-dealkylation sites (N-methyl/N-ethyl adjacent to an activating group) is 1. The number of ether oxygens (including phenoxy) is 1. The highest BCUT2D eigenvalue weighted by atomic mass is 16.5. The standard InChI is InChI=1S/C31H33N3O.2C2H6/c1-5-23(19-34(4)30-9-7-8-27(24-12-13-24)26(30)6-2)29-20-33(3)17-16-28(29)25-14-15-31(32-18-25)35-21-22-10-11-22;2*1-2/h2,5,7-9,14-16,18-20,22,24H,1,10-13,17,21H2,3-4H3;2*1-2H3/b23-19+;;. The van der Waals surface area contributed by atoms with Crippen LogP contribution in [-0.2, 0) is 0 Å². The smallest absolute Gasteiger partial charge is 0.213 e. The Labute approximate surface area is 236 Å². The van der Waals surface area contributed by atoms with Crippen LogP contribution in [0.25, 0.3) is 5.57 Å². The van der Waals surface area contributed by atoms with Crippen LogP contribution in [0.3, 0.4) is 0 Å². The number of terminal acetylenes is 1. The van der Waals surface area contributed by atoms with Crippen molar-refractivity contribution in [1.29, 1.82) is 0 Å². The molecule has 39 heavy (non-hydrogen) atoms. The third kappa shape index (κ3) is 7.67. The first kappa shape index (κ1) is 29.8. The summed E-state index contributed by atoms with van der Waals surface area (Å²) in [5.41, 5.74) is 7.68. The van der Waals surface area contributed by atoms with Gasteiger partial charge in [0.05, 0.1) is 17.9 Å². The summed E-state index contributed by atoms with van der Waals surface area (Å²) < 4.78 is 5.84. The Morgan fingerprint density at radius 3 is 2.49 bits per heavy atom. The molecule has 0 radical (unpaired) electrons. The number of allylic oxidation sites excluding steroid dienone is 4. The molecule has 0 atom stereocenters. The van der Waals surface area contributed by atoms with E-state index in [-0.39, 0.29) is 0 Å². The van der Waals surface area contributed by atoms with E-state index < -0.39 is 0 Å². The number of nitrogens with zero attached hydrogens (tertiary/aromatic N) is 3. The van der Waals surface area contributed by atoms with Crippen LogP contribution in [0.1, 0.15) is 76.0 Å². The number of anilines is 1. The molecule has 0 amide bonds. The molecule has 5 rings (SSSR count). The lowest BCUT2D eigenvalue weighted by Crippen LogP contribution is -2.18. The zero-order valence-electron chi connectivity index (χ0n) is 24.7. The summed E-state index contributed by atoms with van der Waals surface area (Å²) in [6.45, 7) is 13.7. The van der Waals surface area contributed by atoms with Crippen LogP contribution in [0.5, 0.6) is 5.88 Å². The topological polar surface area (TPSA) is 28.6 Å². The van der Waals surface area contributed by atoms with Crippen LogP contribution >= 0.6 is 0 Å². The quantitative estimate of drug-likeness (QED) is 0.245. The van der Waals surface area contributed by atoms with E-state index in [2.05, 4.69) is 84.1 Å². The number of hydrogen-bond donors (Lipinski definition) is 0. The van der Waals surface area contributed by atoms with Gasteiger partial charge < -0.3 is 14.5 Å². The van der Waals surface area contributed by atoms with Gasteiger partial charge in [-0.1, -0.05) is 64.5 Å². The first-order valence-corrected chi connectivity index (χ1v) is 14.5. The average molecular weight is 524 g/mol. The van der Waals surface area contributed by atoms with Crippen LogP contribution < -0.4 is 9.64 Å². The third-order valence-electron chi connectivity index (χ3n) is 6.91. The molecule has 1 aromatic heterocycles. The van der Waals surface area contributed by atoms with E-state index in [0.29, 0.717) is 17.7 Å². The summed E-state index contributed by atoms with van der Waals surface area (Å²) in [6.07, 6.45) is 21.3. The van der Waals surface area contributed by atoms with Crippen LogP contribution in [0, 0.1) is 18.3 Å². The molecule has 0 N–H and O–H groups in total. The first-order valence-electron chi connectivity index (χ1n) is 14.5. The molecule has 3 aliphatic rings. The Kier molecular flexibility index (Phi) is 11.1. The monoisotopic (exact) mass is 523 g/mol. The molecule has 2 fully saturated rings. The molecule has 1 aliphatic heterocycles. The second-order valence-corrected chi connectivity index (χ2v) is 9.80. The lowest BCUT2D eigenvalue weighted by atomic mass is 9.91. The van der Waals surface area contributed by atoms with Crippen molar-refractivity contribution in [2.24, 2.45) is 5.92 Å². The number of aromatic nitrogens is 1. The molecule has 4 heteroatoms. The van der Waals surface area contributed by atoms with E-state index >= 15 is 0 Å². The molecule has 4 nitrogen and oxygen atoms in total. The number of pyridine rings is 1. The van der Waals surface area contributed by atoms with Gasteiger partial charge in [-0.15, -0.1) is 6.42 Å². The van der Waals surface area contributed by atoms with Gasteiger partial charge in [-0.2, -0.15) is 0 Å². The van der Waals surface area contributed by atoms with Gasteiger partial charge in [0, 0.05) is 56.4 Å². The molecular formula is C35H45N3O. The third-order valence-corrected chi connectivity index (χ3v) is 6.91. The molecule has 2 aliphatic carbocycles. The number of benzene rings is 1. The van der Waals surface area contributed by atoms with E-state index in [9.17, 15) is 0 Å². The van der Waals surface area contributed by atoms with Crippen LogP contribution in [0.4, 0.5) is 5.69 Å². The molecular weight excluding hydrogens is 478 g/mol. The summed E-state index contributed by atoms with van der Waals surface area (Å²) in [5.74, 6) is 4.96. The van der Waals surface area contributed by atoms with Crippen LogP contribution in [0.15, 0.2) is 78.8 Å². The van der Waals surface area contributed by atoms with Crippen molar-refractivity contribution in [3.05, 3.63) is 95.5 Å². The van der Waals surface area contributed by atoms with Crippen molar-refractivity contribution in [2.75, 3.05) is 32.1 Å². The number of rotatable bonds is 9. The Morgan fingerprint density at radius 1 is 1.15 bits per heavy atom. The van der Waals surface area contributed by atoms with E-state index in [0.717, 1.165) is 46.7 Å². The zero-order valence-corrected chi connectivity index (χ0v) is 24.7. The second-order valence-electron chi connectivity index (χ2n) is 9.80.